The number of piperazine rings is 1. The summed E-state index contributed by atoms with van der Waals surface area (Å²) in [7, 11) is 1.51. The summed E-state index contributed by atoms with van der Waals surface area (Å²) in [5.41, 5.74) is 2.28. The van der Waals surface area contributed by atoms with Crippen LogP contribution in [0, 0.1) is 29.0 Å². The van der Waals surface area contributed by atoms with E-state index >= 15 is 0 Å². The number of benzene rings is 2. The number of hydrogen-bond donors (Lipinski definition) is 2. The second-order valence-electron chi connectivity index (χ2n) is 14.2. The Morgan fingerprint density at radius 2 is 1.91 bits per heavy atom. The smallest absolute Gasteiger partial charge is 0.261 e. The fourth-order valence-electron chi connectivity index (χ4n) is 8.04. The number of aliphatic imine (C=N–C) groups is 1. The summed E-state index contributed by atoms with van der Waals surface area (Å²) < 4.78 is 21.3. The van der Waals surface area contributed by atoms with Gasteiger partial charge >= 0.3 is 0 Å². The van der Waals surface area contributed by atoms with Gasteiger partial charge < -0.3 is 20.3 Å². The number of halogens is 1. The number of ether oxygens (including phenoxy) is 1. The average Bonchev–Trinajstić information content (AvgIpc) is 2.98. The molecular formula is C35H47FN6O2. The lowest BCUT2D eigenvalue weighted by atomic mass is 9.45. The van der Waals surface area contributed by atoms with Gasteiger partial charge in [-0.3, -0.25) is 9.36 Å². The topological polar surface area (TPSA) is 83.8 Å². The summed E-state index contributed by atoms with van der Waals surface area (Å²) in [6.45, 7) is 15.3. The first kappa shape index (κ1) is 30.6. The summed E-state index contributed by atoms with van der Waals surface area (Å²) >= 11 is 0. The Balaban J connectivity index is 1.26. The summed E-state index contributed by atoms with van der Waals surface area (Å²) in [5.74, 6) is 3.01. The second-order valence-corrected chi connectivity index (χ2v) is 14.2. The van der Waals surface area contributed by atoms with E-state index < -0.39 is 0 Å². The molecule has 2 heterocycles. The van der Waals surface area contributed by atoms with E-state index in [1.54, 1.807) is 23.0 Å². The minimum Gasteiger partial charge on any atom is -0.497 e. The van der Waals surface area contributed by atoms with Gasteiger partial charge in [-0.25, -0.2) is 14.4 Å². The highest BCUT2D eigenvalue weighted by Crippen LogP contribution is 2.61. The third-order valence-corrected chi connectivity index (χ3v) is 10.7. The van der Waals surface area contributed by atoms with Crippen LogP contribution in [-0.4, -0.2) is 58.7 Å². The Kier molecular flexibility index (Phi) is 8.20. The molecule has 8 nitrogen and oxygen atoms in total. The van der Waals surface area contributed by atoms with Gasteiger partial charge in [-0.15, -0.1) is 0 Å². The molecule has 7 atom stereocenters. The normalized spacial score (nSPS) is 28.8. The minimum absolute atomic E-state index is 0.139. The van der Waals surface area contributed by atoms with Crippen molar-refractivity contribution in [3.8, 4) is 5.75 Å². The third-order valence-electron chi connectivity index (χ3n) is 10.7. The van der Waals surface area contributed by atoms with E-state index in [1.807, 2.05) is 25.1 Å². The number of anilines is 1. The lowest BCUT2D eigenvalue weighted by molar-refractivity contribution is -0.108. The number of hydrogen-bond acceptors (Lipinski definition) is 5. The van der Waals surface area contributed by atoms with Crippen LogP contribution in [0.15, 0.2) is 52.5 Å². The fraction of sp³-hybridized carbons (Fsp3) is 0.571. The van der Waals surface area contributed by atoms with Crippen molar-refractivity contribution in [3.63, 3.8) is 0 Å². The van der Waals surface area contributed by atoms with Crippen molar-refractivity contribution in [2.75, 3.05) is 25.5 Å². The molecule has 2 N–H and O–H groups in total. The number of nitrogens with zero attached hydrogens (tertiary/aromatic N) is 4. The molecule has 0 unspecified atom stereocenters. The average molecular weight is 603 g/mol. The SMILES string of the molecule is COc1ccc(C[C@@H](C)n2cnc3cc(NC(=N[C@H]4C[C@@H]5C[C@H]([C@@H]4C)C5(C)C)N4C[C@@H](C)N[C@@H](C)C4)ccc3c2=O)c(F)c1. The Hall–Kier alpha value is -3.46. The molecule has 3 aromatic rings. The second kappa shape index (κ2) is 11.8. The maximum Gasteiger partial charge on any atom is 0.261 e. The molecule has 4 aliphatic rings. The van der Waals surface area contributed by atoms with Crippen molar-refractivity contribution in [2.24, 2.45) is 28.2 Å². The molecule has 3 aliphatic carbocycles. The zero-order chi connectivity index (χ0) is 31.3. The summed E-state index contributed by atoms with van der Waals surface area (Å²) in [4.78, 5) is 26.0. The highest BCUT2D eigenvalue weighted by Gasteiger charge is 2.56. The monoisotopic (exact) mass is 602 g/mol. The van der Waals surface area contributed by atoms with E-state index in [2.05, 4.69) is 55.1 Å². The quantitative estimate of drug-likeness (QED) is 0.271. The number of aromatic nitrogens is 2. The number of methoxy groups -OCH3 is 1. The van der Waals surface area contributed by atoms with Crippen molar-refractivity contribution >= 4 is 22.5 Å². The van der Waals surface area contributed by atoms with Crippen LogP contribution >= 0.6 is 0 Å². The maximum atomic E-state index is 14.6. The van der Waals surface area contributed by atoms with Gasteiger partial charge in [0.05, 0.1) is 30.4 Å². The van der Waals surface area contributed by atoms with E-state index in [-0.39, 0.29) is 23.5 Å². The van der Waals surface area contributed by atoms with Crippen molar-refractivity contribution in [1.29, 1.82) is 0 Å². The molecule has 236 valence electrons. The van der Waals surface area contributed by atoms with Crippen LogP contribution in [0.2, 0.25) is 0 Å². The predicted octanol–water partition coefficient (Wildman–Crippen LogP) is 5.87. The molecule has 0 spiro atoms. The Labute approximate surface area is 260 Å². The summed E-state index contributed by atoms with van der Waals surface area (Å²) in [6, 6.07) is 11.3. The van der Waals surface area contributed by atoms with Gasteiger partial charge in [-0.1, -0.05) is 26.8 Å². The Bertz CT molecular complexity index is 1610. The maximum absolute atomic E-state index is 14.6. The van der Waals surface area contributed by atoms with Gasteiger partial charge in [0.25, 0.3) is 5.56 Å². The molecule has 44 heavy (non-hydrogen) atoms. The molecule has 0 radical (unpaired) electrons. The van der Waals surface area contributed by atoms with E-state index in [0.717, 1.165) is 37.1 Å². The molecule has 7 rings (SSSR count). The number of nitrogens with one attached hydrogen (secondary N) is 2. The van der Waals surface area contributed by atoms with E-state index in [9.17, 15) is 9.18 Å². The lowest BCUT2D eigenvalue weighted by Gasteiger charge is -2.61. The molecule has 2 bridgehead atoms. The lowest BCUT2D eigenvalue weighted by Crippen LogP contribution is -2.59. The highest BCUT2D eigenvalue weighted by molar-refractivity contribution is 5.96. The molecular weight excluding hydrogens is 555 g/mol. The van der Waals surface area contributed by atoms with Crippen molar-refractivity contribution in [3.05, 3.63) is 64.5 Å². The Morgan fingerprint density at radius 1 is 1.16 bits per heavy atom. The first-order chi connectivity index (χ1) is 20.9. The van der Waals surface area contributed by atoms with Gasteiger partial charge in [0.2, 0.25) is 0 Å². The van der Waals surface area contributed by atoms with Gasteiger partial charge in [-0.05, 0) is 93.0 Å². The van der Waals surface area contributed by atoms with Crippen LogP contribution in [0.25, 0.3) is 10.9 Å². The van der Waals surface area contributed by atoms with Crippen LogP contribution in [0.4, 0.5) is 10.1 Å². The largest absolute Gasteiger partial charge is 0.497 e. The van der Waals surface area contributed by atoms with Gasteiger partial charge in [0.15, 0.2) is 5.96 Å². The predicted molar refractivity (Wildman–Crippen MR) is 175 cm³/mol. The highest BCUT2D eigenvalue weighted by atomic mass is 19.1. The molecule has 1 saturated heterocycles. The van der Waals surface area contributed by atoms with Crippen molar-refractivity contribution in [1.82, 2.24) is 19.8 Å². The first-order valence-corrected chi connectivity index (χ1v) is 16.1. The van der Waals surface area contributed by atoms with Crippen LogP contribution in [-0.2, 0) is 6.42 Å². The minimum atomic E-state index is -0.345. The number of fused-ring (bicyclic) bond motifs is 3. The van der Waals surface area contributed by atoms with Crippen LogP contribution < -0.4 is 20.9 Å². The standard InChI is InChI=1S/C35H47FN6O2/c1-20-17-41(18-21(2)38-20)34(40-31-14-25-13-29(23(31)4)35(25,5)6)39-26-9-11-28-32(15-26)37-19-42(33(28)43)22(3)12-24-8-10-27(44-7)16-30(24)36/h8-11,15-16,19-23,25,29,31,38H,12-14,17-18H2,1-7H3,(H,39,40)/t20-,21+,22-,23+,25+,29-,31+/m1/s1. The molecule has 1 aromatic heterocycles. The molecule has 9 heteroatoms. The molecule has 4 fully saturated rings. The van der Waals surface area contributed by atoms with Crippen LogP contribution in [0.5, 0.6) is 5.75 Å². The van der Waals surface area contributed by atoms with Crippen molar-refractivity contribution < 1.29 is 9.13 Å². The van der Waals surface area contributed by atoms with Gasteiger partial charge in [0.1, 0.15) is 11.6 Å². The third kappa shape index (κ3) is 5.71. The van der Waals surface area contributed by atoms with Gasteiger partial charge in [0, 0.05) is 43.0 Å². The van der Waals surface area contributed by atoms with E-state index in [0.29, 0.717) is 58.0 Å². The van der Waals surface area contributed by atoms with Crippen LogP contribution in [0.1, 0.15) is 66.0 Å². The molecule has 3 saturated carbocycles. The summed E-state index contributed by atoms with van der Waals surface area (Å²) in [6.07, 6.45) is 4.39. The summed E-state index contributed by atoms with van der Waals surface area (Å²) in [5, 5.41) is 7.82. The van der Waals surface area contributed by atoms with E-state index in [4.69, 9.17) is 9.73 Å². The Morgan fingerprint density at radius 3 is 2.57 bits per heavy atom. The number of guanidine groups is 1. The first-order valence-electron chi connectivity index (χ1n) is 16.1. The van der Waals surface area contributed by atoms with E-state index in [1.165, 1.54) is 19.6 Å². The molecule has 2 aromatic carbocycles. The van der Waals surface area contributed by atoms with Crippen molar-refractivity contribution in [2.45, 2.75) is 85.0 Å². The molecule has 1 aliphatic heterocycles. The molecule has 0 amide bonds. The fourth-order valence-corrected chi connectivity index (χ4v) is 8.04. The zero-order valence-corrected chi connectivity index (χ0v) is 27.1. The van der Waals surface area contributed by atoms with Gasteiger partial charge in [-0.2, -0.15) is 0 Å². The number of rotatable bonds is 6. The van der Waals surface area contributed by atoms with Crippen LogP contribution in [0.3, 0.4) is 0 Å². The zero-order valence-electron chi connectivity index (χ0n) is 27.1.